The Hall–Kier alpha value is -2.41. The lowest BCUT2D eigenvalue weighted by atomic mass is 9.96. The average molecular weight is 341 g/mol. The van der Waals surface area contributed by atoms with Gasteiger partial charge in [-0.3, -0.25) is 9.69 Å². The largest absolute Gasteiger partial charge is 0.481 e. The number of hydrogen-bond acceptors (Lipinski definition) is 5. The molecule has 0 aromatic carbocycles. The van der Waals surface area contributed by atoms with Crippen LogP contribution in [0, 0.1) is 0 Å². The lowest BCUT2D eigenvalue weighted by Gasteiger charge is -2.32. The molecule has 1 atom stereocenters. The quantitative estimate of drug-likeness (QED) is 0.885. The first kappa shape index (κ1) is 16.1. The first-order valence-corrected chi connectivity index (χ1v) is 8.66. The zero-order valence-corrected chi connectivity index (χ0v) is 14.6. The van der Waals surface area contributed by atoms with Crippen LogP contribution in [-0.4, -0.2) is 45.0 Å². The minimum Gasteiger partial charge on any atom is -0.481 e. The van der Waals surface area contributed by atoms with E-state index in [9.17, 15) is 4.79 Å². The zero-order chi connectivity index (χ0) is 17.4. The predicted molar refractivity (Wildman–Crippen MR) is 92.0 cm³/mol. The number of nitrogens with one attached hydrogen (secondary N) is 1. The Morgan fingerprint density at radius 1 is 1.40 bits per heavy atom. The van der Waals surface area contributed by atoms with E-state index in [0.717, 1.165) is 36.3 Å². The molecule has 1 saturated carbocycles. The molecule has 0 radical (unpaired) electrons. The van der Waals surface area contributed by atoms with Gasteiger partial charge in [-0.2, -0.15) is 0 Å². The van der Waals surface area contributed by atoms with Crippen molar-refractivity contribution in [3.05, 3.63) is 41.6 Å². The van der Waals surface area contributed by atoms with Crippen molar-refractivity contribution in [2.45, 2.75) is 37.9 Å². The highest BCUT2D eigenvalue weighted by Crippen LogP contribution is 2.30. The number of aromatic nitrogens is 3. The standard InChI is InChI=1S/C18H23N5O2/c1-22-11-20-15-10-23(8-12-4-3-7-19-18(12)25-2)9-14(16(15)22)17(24)21-13-5-6-13/h3-4,7,11,13-14H,5-6,8-10H2,1-2H3,(H,21,24). The van der Waals surface area contributed by atoms with E-state index in [4.69, 9.17) is 4.74 Å². The second-order valence-electron chi connectivity index (χ2n) is 6.86. The van der Waals surface area contributed by atoms with Crippen LogP contribution in [0.15, 0.2) is 24.7 Å². The van der Waals surface area contributed by atoms with Crippen molar-refractivity contribution >= 4 is 5.91 Å². The molecule has 1 unspecified atom stereocenters. The summed E-state index contributed by atoms with van der Waals surface area (Å²) in [5, 5.41) is 3.14. The van der Waals surface area contributed by atoms with Crippen LogP contribution in [0.2, 0.25) is 0 Å². The number of rotatable bonds is 5. The highest BCUT2D eigenvalue weighted by molar-refractivity contribution is 5.84. The normalized spacial score (nSPS) is 20.2. The molecule has 7 heteroatoms. The summed E-state index contributed by atoms with van der Waals surface area (Å²) in [7, 11) is 3.59. The van der Waals surface area contributed by atoms with Gasteiger partial charge < -0.3 is 14.6 Å². The lowest BCUT2D eigenvalue weighted by Crippen LogP contribution is -2.42. The van der Waals surface area contributed by atoms with Gasteiger partial charge in [0.15, 0.2) is 0 Å². The minimum atomic E-state index is -0.195. The maximum Gasteiger partial charge on any atom is 0.230 e. The van der Waals surface area contributed by atoms with Gasteiger partial charge in [-0.25, -0.2) is 9.97 Å². The zero-order valence-electron chi connectivity index (χ0n) is 14.6. The first-order chi connectivity index (χ1) is 12.2. The van der Waals surface area contributed by atoms with E-state index < -0.39 is 0 Å². The number of hydrogen-bond donors (Lipinski definition) is 1. The third kappa shape index (κ3) is 3.24. The summed E-state index contributed by atoms with van der Waals surface area (Å²) < 4.78 is 7.34. The van der Waals surface area contributed by atoms with E-state index in [1.54, 1.807) is 19.6 Å². The van der Waals surface area contributed by atoms with E-state index in [2.05, 4.69) is 20.2 Å². The van der Waals surface area contributed by atoms with Crippen LogP contribution in [0.3, 0.4) is 0 Å². The SMILES string of the molecule is COc1ncccc1CN1Cc2ncn(C)c2C(C(=O)NC2CC2)C1. The molecule has 0 bridgehead atoms. The van der Waals surface area contributed by atoms with Gasteiger partial charge in [0.05, 0.1) is 30.7 Å². The number of imidazole rings is 1. The van der Waals surface area contributed by atoms with Crippen molar-refractivity contribution in [2.75, 3.05) is 13.7 Å². The number of nitrogens with zero attached hydrogens (tertiary/aromatic N) is 4. The van der Waals surface area contributed by atoms with Gasteiger partial charge in [0.1, 0.15) is 0 Å². The first-order valence-electron chi connectivity index (χ1n) is 8.66. The van der Waals surface area contributed by atoms with Gasteiger partial charge in [0.25, 0.3) is 0 Å². The topological polar surface area (TPSA) is 72.3 Å². The Kier molecular flexibility index (Phi) is 4.17. The Morgan fingerprint density at radius 2 is 2.24 bits per heavy atom. The highest BCUT2D eigenvalue weighted by Gasteiger charge is 2.36. The highest BCUT2D eigenvalue weighted by atomic mass is 16.5. The molecule has 4 rings (SSSR count). The molecular formula is C18H23N5O2. The molecule has 1 aliphatic heterocycles. The van der Waals surface area contributed by atoms with Gasteiger partial charge >= 0.3 is 0 Å². The number of ether oxygens (including phenoxy) is 1. The van der Waals surface area contributed by atoms with Crippen molar-refractivity contribution < 1.29 is 9.53 Å². The molecule has 2 aromatic heterocycles. The Bertz CT molecular complexity index is 784. The van der Waals surface area contributed by atoms with E-state index in [1.807, 2.05) is 23.7 Å². The molecule has 7 nitrogen and oxygen atoms in total. The van der Waals surface area contributed by atoms with Crippen LogP contribution in [0.4, 0.5) is 0 Å². The summed E-state index contributed by atoms with van der Waals surface area (Å²) in [5.41, 5.74) is 3.03. The average Bonchev–Trinajstić information content (AvgIpc) is 3.36. The third-order valence-electron chi connectivity index (χ3n) is 4.88. The molecule has 0 saturated heterocycles. The summed E-state index contributed by atoms with van der Waals surface area (Å²) in [6.07, 6.45) is 5.71. The molecule has 2 aliphatic rings. The molecule has 1 N–H and O–H groups in total. The molecule has 1 aliphatic carbocycles. The Labute approximate surface area is 147 Å². The van der Waals surface area contributed by atoms with Crippen molar-refractivity contribution in [3.63, 3.8) is 0 Å². The van der Waals surface area contributed by atoms with E-state index in [0.29, 0.717) is 25.0 Å². The van der Waals surface area contributed by atoms with Gasteiger partial charge in [-0.1, -0.05) is 6.07 Å². The number of amides is 1. The van der Waals surface area contributed by atoms with Crippen molar-refractivity contribution in [1.29, 1.82) is 0 Å². The smallest absolute Gasteiger partial charge is 0.230 e. The van der Waals surface area contributed by atoms with Crippen LogP contribution >= 0.6 is 0 Å². The molecule has 1 fully saturated rings. The number of fused-ring (bicyclic) bond motifs is 1. The van der Waals surface area contributed by atoms with Crippen molar-refractivity contribution in [2.24, 2.45) is 7.05 Å². The molecule has 3 heterocycles. The van der Waals surface area contributed by atoms with E-state index >= 15 is 0 Å². The number of carbonyl (C=O) groups is 1. The van der Waals surface area contributed by atoms with Crippen LogP contribution in [0.25, 0.3) is 0 Å². The van der Waals surface area contributed by atoms with Gasteiger partial charge in [0.2, 0.25) is 11.8 Å². The summed E-state index contributed by atoms with van der Waals surface area (Å²) >= 11 is 0. The van der Waals surface area contributed by atoms with Crippen LogP contribution in [-0.2, 0) is 24.9 Å². The van der Waals surface area contributed by atoms with Gasteiger partial charge in [-0.05, 0) is 18.9 Å². The number of pyridine rings is 1. The second-order valence-corrected chi connectivity index (χ2v) is 6.86. The van der Waals surface area contributed by atoms with Gasteiger partial charge in [0, 0.05) is 44.5 Å². The van der Waals surface area contributed by atoms with Gasteiger partial charge in [-0.15, -0.1) is 0 Å². The third-order valence-corrected chi connectivity index (χ3v) is 4.88. The second kappa shape index (κ2) is 6.48. The van der Waals surface area contributed by atoms with Crippen molar-refractivity contribution in [1.82, 2.24) is 24.8 Å². The number of carbonyl (C=O) groups excluding carboxylic acids is 1. The monoisotopic (exact) mass is 341 g/mol. The summed E-state index contributed by atoms with van der Waals surface area (Å²) in [6.45, 7) is 2.07. The molecule has 2 aromatic rings. The Morgan fingerprint density at radius 3 is 3.00 bits per heavy atom. The molecule has 1 amide bonds. The molecule has 132 valence electrons. The van der Waals surface area contributed by atoms with E-state index in [1.165, 1.54) is 0 Å². The maximum atomic E-state index is 12.8. The summed E-state index contributed by atoms with van der Waals surface area (Å²) in [4.78, 5) is 23.8. The lowest BCUT2D eigenvalue weighted by molar-refractivity contribution is -0.123. The van der Waals surface area contributed by atoms with Crippen molar-refractivity contribution in [3.8, 4) is 5.88 Å². The fourth-order valence-electron chi connectivity index (χ4n) is 3.50. The Balaban J connectivity index is 1.57. The fraction of sp³-hybridized carbons (Fsp3) is 0.500. The minimum absolute atomic E-state index is 0.107. The van der Waals surface area contributed by atoms with Crippen LogP contribution in [0.5, 0.6) is 5.88 Å². The molecule has 25 heavy (non-hydrogen) atoms. The number of methoxy groups -OCH3 is 1. The predicted octanol–water partition coefficient (Wildman–Crippen LogP) is 1.20. The molecule has 0 spiro atoms. The summed E-state index contributed by atoms with van der Waals surface area (Å²) in [6, 6.07) is 4.28. The fourth-order valence-corrected chi connectivity index (χ4v) is 3.50. The maximum absolute atomic E-state index is 12.8. The van der Waals surface area contributed by atoms with E-state index in [-0.39, 0.29) is 11.8 Å². The number of aryl methyl sites for hydroxylation is 1. The molecular weight excluding hydrogens is 318 g/mol. The summed E-state index contributed by atoms with van der Waals surface area (Å²) in [5.74, 6) is 0.544. The van der Waals surface area contributed by atoms with Crippen LogP contribution < -0.4 is 10.1 Å². The van der Waals surface area contributed by atoms with Crippen LogP contribution in [0.1, 0.15) is 35.7 Å².